The van der Waals surface area contributed by atoms with Gasteiger partial charge in [-0.1, -0.05) is 42.5 Å². The van der Waals surface area contributed by atoms with Gasteiger partial charge >= 0.3 is 11.5 Å². The van der Waals surface area contributed by atoms with Gasteiger partial charge in [0.1, 0.15) is 11.5 Å². The van der Waals surface area contributed by atoms with Crippen LogP contribution in [0.15, 0.2) is 83.9 Å². The fourth-order valence-corrected chi connectivity index (χ4v) is 3.05. The first-order chi connectivity index (χ1) is 11.6. The van der Waals surface area contributed by atoms with Gasteiger partial charge in [0.15, 0.2) is 0 Å². The van der Waals surface area contributed by atoms with Crippen LogP contribution in [-0.4, -0.2) is 5.78 Å². The third-order valence-corrected chi connectivity index (χ3v) is 4.03. The number of allylic oxidation sites excluding steroid dienone is 10. The lowest BCUT2D eigenvalue weighted by atomic mass is 9.91. The fourth-order valence-electron chi connectivity index (χ4n) is 3.05. The Balaban J connectivity index is 1.69. The summed E-state index contributed by atoms with van der Waals surface area (Å²) in [4.78, 5) is 0. The first-order valence-electron chi connectivity index (χ1n) is 8.30. The standard InChI is InChI=1S/C22H23O2/c1-16-13-19(14-17(2)23-16)9-5-4-6-10-20-15-18(3)24-22-12-8-7-11-21(20)22/h4-14,20H,15H2,1-3H3/q+1/b5-4+,10-6+. The van der Waals surface area contributed by atoms with Crippen LogP contribution in [0.1, 0.15) is 38.7 Å². The summed E-state index contributed by atoms with van der Waals surface area (Å²) in [6.07, 6.45) is 15.6. The summed E-state index contributed by atoms with van der Waals surface area (Å²) in [5.74, 6) is 4.27. The van der Waals surface area contributed by atoms with Crippen molar-refractivity contribution in [3.05, 3.63) is 89.5 Å². The van der Waals surface area contributed by atoms with Crippen LogP contribution in [0, 0.1) is 0 Å². The zero-order valence-corrected chi connectivity index (χ0v) is 14.5. The molecule has 0 aliphatic carbocycles. The highest BCUT2D eigenvalue weighted by Crippen LogP contribution is 2.34. The summed E-state index contributed by atoms with van der Waals surface area (Å²) >= 11 is 0. The lowest BCUT2D eigenvalue weighted by Gasteiger charge is -2.12. The maximum absolute atomic E-state index is 5.82. The van der Waals surface area contributed by atoms with Crippen molar-refractivity contribution in [2.45, 2.75) is 33.1 Å². The second kappa shape index (κ2) is 7.31. The molecular formula is C22H23O2+. The van der Waals surface area contributed by atoms with E-state index in [4.69, 9.17) is 9.16 Å². The van der Waals surface area contributed by atoms with Crippen molar-refractivity contribution in [3.63, 3.8) is 0 Å². The Kier molecular flexibility index (Phi) is 4.95. The Morgan fingerprint density at radius 3 is 2.54 bits per heavy atom. The third kappa shape index (κ3) is 4.02. The maximum Gasteiger partial charge on any atom is 0.356 e. The molecule has 0 N–H and O–H groups in total. The van der Waals surface area contributed by atoms with Gasteiger partial charge in [-0.25, -0.2) is 4.42 Å². The molecule has 0 amide bonds. The van der Waals surface area contributed by atoms with Gasteiger partial charge in [0.2, 0.25) is 0 Å². The molecule has 3 rings (SSSR count). The molecule has 2 aliphatic rings. The number of ketones is 1. The molecule has 2 heterocycles. The van der Waals surface area contributed by atoms with Crippen LogP contribution in [0.5, 0.6) is 5.75 Å². The Morgan fingerprint density at radius 1 is 1.00 bits per heavy atom. The summed E-state index contributed by atoms with van der Waals surface area (Å²) < 4.78 is 11.3. The number of ether oxygens (including phenoxy) is 1. The van der Waals surface area contributed by atoms with E-state index >= 15 is 0 Å². The Morgan fingerprint density at radius 2 is 1.75 bits per heavy atom. The molecular weight excluding hydrogens is 296 g/mol. The Labute approximate surface area is 143 Å². The van der Waals surface area contributed by atoms with Crippen LogP contribution >= 0.6 is 0 Å². The van der Waals surface area contributed by atoms with E-state index in [1.54, 1.807) is 0 Å². The third-order valence-electron chi connectivity index (χ3n) is 4.03. The minimum absolute atomic E-state index is 0.375. The van der Waals surface area contributed by atoms with E-state index in [2.05, 4.69) is 42.5 Å². The average Bonchev–Trinajstić information content (AvgIpc) is 2.53. The predicted octanol–water partition coefficient (Wildman–Crippen LogP) is 5.89. The van der Waals surface area contributed by atoms with Crippen molar-refractivity contribution in [2.24, 2.45) is 0 Å². The second-order valence-electron chi connectivity index (χ2n) is 6.20. The summed E-state index contributed by atoms with van der Waals surface area (Å²) in [7, 11) is 0. The van der Waals surface area contributed by atoms with Crippen molar-refractivity contribution >= 4 is 5.78 Å². The van der Waals surface area contributed by atoms with E-state index in [1.165, 1.54) is 5.56 Å². The van der Waals surface area contributed by atoms with E-state index in [-0.39, 0.29) is 0 Å². The molecule has 1 unspecified atom stereocenters. The molecule has 2 nitrogen and oxygen atoms in total. The van der Waals surface area contributed by atoms with E-state index in [0.29, 0.717) is 5.92 Å². The van der Waals surface area contributed by atoms with Crippen LogP contribution in [0.3, 0.4) is 0 Å². The molecule has 2 aliphatic heterocycles. The number of hydrogen-bond acceptors (Lipinski definition) is 1. The summed E-state index contributed by atoms with van der Waals surface area (Å²) in [5, 5.41) is 0. The SMILES string of the molecule is CC1=CC(=C/C=C/C=C/C2CC(C)=[O+]c3ccccc32)C=C(C)O1. The highest BCUT2D eigenvalue weighted by atomic mass is 16.5. The summed E-state index contributed by atoms with van der Waals surface area (Å²) in [6, 6.07) is 8.26. The zero-order valence-electron chi connectivity index (χ0n) is 14.5. The van der Waals surface area contributed by atoms with Gasteiger partial charge in [-0.15, -0.1) is 0 Å². The summed E-state index contributed by atoms with van der Waals surface area (Å²) in [6.45, 7) is 5.98. The second-order valence-corrected chi connectivity index (χ2v) is 6.20. The topological polar surface area (TPSA) is 20.5 Å². The van der Waals surface area contributed by atoms with Gasteiger partial charge in [-0.2, -0.15) is 0 Å². The molecule has 0 aromatic heterocycles. The van der Waals surface area contributed by atoms with E-state index in [1.807, 2.05) is 45.1 Å². The monoisotopic (exact) mass is 319 g/mol. The van der Waals surface area contributed by atoms with Crippen LogP contribution < -0.4 is 0 Å². The van der Waals surface area contributed by atoms with E-state index in [0.717, 1.165) is 35.0 Å². The smallest absolute Gasteiger partial charge is 0.356 e. The maximum atomic E-state index is 5.82. The Hall–Kier alpha value is -2.61. The van der Waals surface area contributed by atoms with Gasteiger partial charge < -0.3 is 4.74 Å². The molecule has 122 valence electrons. The molecule has 2 heteroatoms. The molecule has 24 heavy (non-hydrogen) atoms. The number of benzene rings is 1. The zero-order chi connectivity index (χ0) is 16.9. The van der Waals surface area contributed by atoms with Gasteiger partial charge in [0.25, 0.3) is 0 Å². The first-order valence-corrected chi connectivity index (χ1v) is 8.30. The lowest BCUT2D eigenvalue weighted by molar-refractivity contribution is -0.372. The molecule has 0 saturated carbocycles. The normalized spacial score (nSPS) is 20.4. The van der Waals surface area contributed by atoms with Gasteiger partial charge in [-0.3, -0.25) is 0 Å². The van der Waals surface area contributed by atoms with Crippen molar-refractivity contribution < 1.29 is 9.16 Å². The number of fused-ring (bicyclic) bond motifs is 1. The predicted molar refractivity (Wildman–Crippen MR) is 98.9 cm³/mol. The Bertz CT molecular complexity index is 781. The van der Waals surface area contributed by atoms with Crippen molar-refractivity contribution in [1.82, 2.24) is 0 Å². The fraction of sp³-hybridized carbons (Fsp3) is 0.227. The summed E-state index contributed by atoms with van der Waals surface area (Å²) in [5.41, 5.74) is 2.41. The molecule has 0 fully saturated rings. The van der Waals surface area contributed by atoms with Crippen LogP contribution in [0.25, 0.3) is 0 Å². The molecule has 0 radical (unpaired) electrons. The highest BCUT2D eigenvalue weighted by molar-refractivity contribution is 5.79. The highest BCUT2D eigenvalue weighted by Gasteiger charge is 2.27. The van der Waals surface area contributed by atoms with Crippen molar-refractivity contribution in [2.75, 3.05) is 0 Å². The van der Waals surface area contributed by atoms with Gasteiger partial charge in [-0.05, 0) is 37.6 Å². The largest absolute Gasteiger partial charge is 0.467 e. The quantitative estimate of drug-likeness (QED) is 0.502. The molecule has 1 aromatic carbocycles. The van der Waals surface area contributed by atoms with Crippen molar-refractivity contribution in [1.29, 1.82) is 0 Å². The van der Waals surface area contributed by atoms with Crippen molar-refractivity contribution in [3.8, 4) is 5.75 Å². The number of para-hydroxylation sites is 1. The molecule has 1 aromatic rings. The van der Waals surface area contributed by atoms with Crippen LogP contribution in [-0.2, 0) is 9.16 Å². The number of carbonyl (C=O) groups excluding carboxylic acids is 1. The number of hydrogen-bond donors (Lipinski definition) is 0. The van der Waals surface area contributed by atoms with Crippen LogP contribution in [0.4, 0.5) is 0 Å². The first kappa shape index (κ1) is 16.3. The molecule has 0 saturated heterocycles. The average molecular weight is 319 g/mol. The van der Waals surface area contributed by atoms with E-state index in [9.17, 15) is 0 Å². The lowest BCUT2D eigenvalue weighted by Crippen LogP contribution is -2.09. The van der Waals surface area contributed by atoms with Crippen LogP contribution in [0.2, 0.25) is 0 Å². The van der Waals surface area contributed by atoms with E-state index < -0.39 is 0 Å². The molecule has 0 bridgehead atoms. The minimum Gasteiger partial charge on any atom is -0.467 e. The number of rotatable bonds is 3. The van der Waals surface area contributed by atoms with Gasteiger partial charge in [0, 0.05) is 18.9 Å². The minimum atomic E-state index is 0.375. The molecule has 0 spiro atoms. The molecule has 1 atom stereocenters. The van der Waals surface area contributed by atoms with Gasteiger partial charge in [0.05, 0.1) is 12.0 Å².